The van der Waals surface area contributed by atoms with E-state index in [1.165, 1.54) is 6.33 Å². The van der Waals surface area contributed by atoms with E-state index in [0.29, 0.717) is 11.4 Å². The van der Waals surface area contributed by atoms with Gasteiger partial charge in [-0.25, -0.2) is 14.8 Å². The van der Waals surface area contributed by atoms with E-state index in [2.05, 4.69) is 25.7 Å². The van der Waals surface area contributed by atoms with Gasteiger partial charge in [-0.3, -0.25) is 9.89 Å². The molecule has 0 spiro atoms. The van der Waals surface area contributed by atoms with Gasteiger partial charge in [-0.15, -0.1) is 11.8 Å². The van der Waals surface area contributed by atoms with Crippen LogP contribution in [0.4, 0.5) is 16.2 Å². The Morgan fingerprint density at radius 2 is 2.17 bits per heavy atom. The minimum absolute atomic E-state index is 0.102. The van der Waals surface area contributed by atoms with Crippen LogP contribution in [-0.4, -0.2) is 31.9 Å². The van der Waals surface area contributed by atoms with Crippen molar-refractivity contribution in [3.05, 3.63) is 46.6 Å². The number of nitrogens with one attached hydrogen (secondary N) is 3. The highest BCUT2D eigenvalue weighted by Gasteiger charge is 2.14. The molecule has 0 atom stereocenters. The molecular weight excluding hydrogens is 316 g/mol. The number of hydrogen-bond donors (Lipinski definition) is 3. The number of H-pyrrole nitrogens is 1. The third-order valence-corrected chi connectivity index (χ3v) is 3.90. The molecule has 0 aliphatic heterocycles. The molecule has 0 bridgehead atoms. The summed E-state index contributed by atoms with van der Waals surface area (Å²) in [6.07, 6.45) is 3.32. The lowest BCUT2D eigenvalue weighted by Gasteiger charge is -2.09. The first kappa shape index (κ1) is 15.1. The fourth-order valence-electron chi connectivity index (χ4n) is 2.08. The topological polar surface area (TPSA) is 104 Å². The van der Waals surface area contributed by atoms with E-state index >= 15 is 0 Å². The summed E-state index contributed by atoms with van der Waals surface area (Å²) in [6, 6.07) is 6.90. The largest absolute Gasteiger partial charge is 0.323 e. The van der Waals surface area contributed by atoms with Crippen molar-refractivity contribution in [1.82, 2.24) is 19.6 Å². The Hall–Kier alpha value is -2.81. The van der Waals surface area contributed by atoms with Crippen molar-refractivity contribution in [2.24, 2.45) is 0 Å². The first-order valence-electron chi connectivity index (χ1n) is 6.73. The normalized spacial score (nSPS) is 10.7. The minimum Gasteiger partial charge on any atom is -0.308 e. The van der Waals surface area contributed by atoms with E-state index in [0.717, 1.165) is 9.41 Å². The fourth-order valence-corrected chi connectivity index (χ4v) is 2.54. The summed E-state index contributed by atoms with van der Waals surface area (Å²) >= 11 is 1.58. The quantitative estimate of drug-likeness (QED) is 0.638. The molecule has 3 rings (SSSR count). The van der Waals surface area contributed by atoms with Crippen LogP contribution >= 0.6 is 11.8 Å². The zero-order chi connectivity index (χ0) is 16.4. The number of amides is 2. The number of carbonyl (C=O) groups excluding carboxylic acids is 1. The van der Waals surface area contributed by atoms with E-state index < -0.39 is 11.6 Å². The van der Waals surface area contributed by atoms with Crippen molar-refractivity contribution in [2.75, 3.05) is 16.9 Å². The number of thioether (sulfide) groups is 1. The first-order chi connectivity index (χ1) is 11.1. The number of urea groups is 1. The Kier molecular flexibility index (Phi) is 4.02. The standard InChI is InChI=1S/C14H14N6O2S/c1-8-11(12(21)20-13(17-8)15-7-16-20)19-14(22)18-9-4-3-5-10(6-9)23-2/h3-7H,1-2H3,(H,15,16,17)(H2,18,19,22). The van der Waals surface area contributed by atoms with E-state index in [-0.39, 0.29) is 11.5 Å². The maximum absolute atomic E-state index is 12.3. The van der Waals surface area contributed by atoms with Crippen LogP contribution in [0.15, 0.2) is 40.3 Å². The highest BCUT2D eigenvalue weighted by Crippen LogP contribution is 2.19. The number of fused-ring (bicyclic) bond motifs is 1. The Balaban J connectivity index is 1.84. The van der Waals surface area contributed by atoms with Crippen LogP contribution in [0, 0.1) is 6.92 Å². The summed E-state index contributed by atoms with van der Waals surface area (Å²) in [5, 5.41) is 7.89. The molecule has 2 aromatic heterocycles. The van der Waals surface area contributed by atoms with Crippen molar-refractivity contribution in [2.45, 2.75) is 11.8 Å². The van der Waals surface area contributed by atoms with Crippen LogP contribution in [-0.2, 0) is 0 Å². The summed E-state index contributed by atoms with van der Waals surface area (Å²) in [6.45, 7) is 1.64. The average molecular weight is 330 g/mol. The van der Waals surface area contributed by atoms with Crippen LogP contribution in [0.2, 0.25) is 0 Å². The molecule has 3 N–H and O–H groups in total. The van der Waals surface area contributed by atoms with Crippen LogP contribution < -0.4 is 16.2 Å². The van der Waals surface area contributed by atoms with E-state index in [9.17, 15) is 9.59 Å². The van der Waals surface area contributed by atoms with E-state index in [1.807, 2.05) is 24.5 Å². The molecular formula is C14H14N6O2S. The molecule has 9 heteroatoms. The van der Waals surface area contributed by atoms with Crippen LogP contribution in [0.25, 0.3) is 5.78 Å². The first-order valence-corrected chi connectivity index (χ1v) is 7.96. The van der Waals surface area contributed by atoms with Crippen molar-refractivity contribution >= 4 is 34.9 Å². The number of aromatic nitrogens is 4. The van der Waals surface area contributed by atoms with Gasteiger partial charge in [0.15, 0.2) is 0 Å². The van der Waals surface area contributed by atoms with Gasteiger partial charge in [-0.1, -0.05) is 6.07 Å². The van der Waals surface area contributed by atoms with Gasteiger partial charge < -0.3 is 10.6 Å². The molecule has 0 unspecified atom stereocenters. The summed E-state index contributed by atoms with van der Waals surface area (Å²) in [5.74, 6) is 0.256. The van der Waals surface area contributed by atoms with Crippen molar-refractivity contribution in [3.8, 4) is 0 Å². The summed E-state index contributed by atoms with van der Waals surface area (Å²) in [5.41, 5.74) is 0.723. The predicted molar refractivity (Wildman–Crippen MR) is 89.2 cm³/mol. The molecule has 0 radical (unpaired) electrons. The van der Waals surface area contributed by atoms with E-state index in [1.54, 1.807) is 24.8 Å². The van der Waals surface area contributed by atoms with Gasteiger partial charge in [0.2, 0.25) is 0 Å². The lowest BCUT2D eigenvalue weighted by molar-refractivity contribution is 0.262. The second-order valence-corrected chi connectivity index (χ2v) is 5.59. The molecule has 0 aliphatic carbocycles. The molecule has 3 aromatic rings. The Morgan fingerprint density at radius 1 is 1.35 bits per heavy atom. The summed E-state index contributed by atoms with van der Waals surface area (Å²) in [4.78, 5) is 33.5. The maximum atomic E-state index is 12.3. The predicted octanol–water partition coefficient (Wildman–Crippen LogP) is 2.09. The van der Waals surface area contributed by atoms with Gasteiger partial charge >= 0.3 is 6.03 Å². The molecule has 0 aliphatic rings. The fraction of sp³-hybridized carbons (Fsp3) is 0.143. The smallest absolute Gasteiger partial charge is 0.308 e. The Morgan fingerprint density at radius 3 is 2.96 bits per heavy atom. The molecule has 0 saturated heterocycles. The number of rotatable bonds is 3. The van der Waals surface area contributed by atoms with Crippen LogP contribution in [0.3, 0.4) is 0 Å². The number of carbonyl (C=O) groups is 1. The van der Waals surface area contributed by atoms with E-state index in [4.69, 9.17) is 0 Å². The lowest BCUT2D eigenvalue weighted by atomic mass is 10.3. The zero-order valence-electron chi connectivity index (χ0n) is 12.5. The average Bonchev–Trinajstić information content (AvgIpc) is 3.00. The summed E-state index contributed by atoms with van der Waals surface area (Å²) < 4.78 is 1.16. The molecule has 23 heavy (non-hydrogen) atoms. The van der Waals surface area contributed by atoms with Gasteiger partial charge in [0.05, 0.1) is 5.69 Å². The zero-order valence-corrected chi connectivity index (χ0v) is 13.3. The third-order valence-electron chi connectivity index (χ3n) is 3.18. The minimum atomic E-state index is -0.510. The van der Waals surface area contributed by atoms with Crippen LogP contribution in [0.1, 0.15) is 5.69 Å². The molecule has 0 saturated carbocycles. The van der Waals surface area contributed by atoms with Gasteiger partial charge in [-0.05, 0) is 31.4 Å². The molecule has 2 amide bonds. The molecule has 1 aromatic carbocycles. The Bertz CT molecular complexity index is 932. The van der Waals surface area contributed by atoms with Gasteiger partial charge in [0, 0.05) is 10.6 Å². The summed E-state index contributed by atoms with van der Waals surface area (Å²) in [7, 11) is 0. The Labute approximate surface area is 135 Å². The van der Waals surface area contributed by atoms with Crippen molar-refractivity contribution < 1.29 is 4.79 Å². The molecule has 8 nitrogen and oxygen atoms in total. The third kappa shape index (κ3) is 3.04. The van der Waals surface area contributed by atoms with Crippen LogP contribution in [0.5, 0.6) is 0 Å². The number of anilines is 2. The second kappa shape index (κ2) is 6.13. The van der Waals surface area contributed by atoms with Crippen molar-refractivity contribution in [1.29, 1.82) is 0 Å². The highest BCUT2D eigenvalue weighted by atomic mass is 32.2. The molecule has 118 valence electrons. The molecule has 2 heterocycles. The number of aryl methyl sites for hydroxylation is 1. The second-order valence-electron chi connectivity index (χ2n) is 4.71. The monoisotopic (exact) mass is 330 g/mol. The highest BCUT2D eigenvalue weighted by molar-refractivity contribution is 7.98. The number of aromatic amines is 1. The van der Waals surface area contributed by atoms with Gasteiger partial charge in [0.25, 0.3) is 11.3 Å². The SMILES string of the molecule is CSc1cccc(NC(=O)Nc2c(C)nc3nc[nH]n3c2=O)c1. The number of benzene rings is 1. The molecule has 0 fully saturated rings. The van der Waals surface area contributed by atoms with Gasteiger partial charge in [-0.2, -0.15) is 4.52 Å². The number of nitrogens with zero attached hydrogens (tertiary/aromatic N) is 3. The van der Waals surface area contributed by atoms with Crippen molar-refractivity contribution in [3.63, 3.8) is 0 Å². The van der Waals surface area contributed by atoms with Gasteiger partial charge in [0.1, 0.15) is 12.0 Å². The maximum Gasteiger partial charge on any atom is 0.323 e. The number of hydrogen-bond acceptors (Lipinski definition) is 5. The lowest BCUT2D eigenvalue weighted by Crippen LogP contribution is -2.28.